The van der Waals surface area contributed by atoms with E-state index >= 15 is 0 Å². The second-order valence-corrected chi connectivity index (χ2v) is 5.58. The van der Waals surface area contributed by atoms with Crippen LogP contribution in [-0.2, 0) is 11.2 Å². The number of amides is 2. The van der Waals surface area contributed by atoms with Gasteiger partial charge >= 0.3 is 5.97 Å². The summed E-state index contributed by atoms with van der Waals surface area (Å²) in [5.74, 6) is -1.69. The standard InChI is InChI=1S/C18H20N2O5/c1-3-7-19-17(23)12-5-4-6-13(8-12)20-18(24)16-11(2)10-25-14(16)9-15(21)22/h4-6,8,10H,3,7,9H2,1-2H3,(H,19,23)(H,20,24)(H,21,22). The summed E-state index contributed by atoms with van der Waals surface area (Å²) < 4.78 is 5.17. The number of furan rings is 1. The van der Waals surface area contributed by atoms with E-state index in [0.717, 1.165) is 6.42 Å². The van der Waals surface area contributed by atoms with E-state index in [4.69, 9.17) is 9.52 Å². The van der Waals surface area contributed by atoms with E-state index in [1.807, 2.05) is 6.92 Å². The minimum Gasteiger partial charge on any atom is -0.481 e. The molecule has 0 spiro atoms. The Morgan fingerprint density at radius 3 is 2.64 bits per heavy atom. The maximum atomic E-state index is 12.5. The summed E-state index contributed by atoms with van der Waals surface area (Å²) in [5.41, 5.74) is 1.62. The van der Waals surface area contributed by atoms with Crippen molar-refractivity contribution in [1.29, 1.82) is 0 Å². The van der Waals surface area contributed by atoms with Gasteiger partial charge in [0.1, 0.15) is 12.2 Å². The second kappa shape index (κ2) is 8.14. The monoisotopic (exact) mass is 344 g/mol. The third-order valence-corrected chi connectivity index (χ3v) is 3.51. The number of aliphatic carboxylic acids is 1. The van der Waals surface area contributed by atoms with E-state index in [-0.39, 0.29) is 23.7 Å². The van der Waals surface area contributed by atoms with Crippen molar-refractivity contribution < 1.29 is 23.9 Å². The molecule has 0 aliphatic rings. The van der Waals surface area contributed by atoms with E-state index in [1.54, 1.807) is 31.2 Å². The van der Waals surface area contributed by atoms with Gasteiger partial charge in [0.2, 0.25) is 0 Å². The van der Waals surface area contributed by atoms with Gasteiger partial charge in [-0.3, -0.25) is 14.4 Å². The van der Waals surface area contributed by atoms with Gasteiger partial charge in [-0.2, -0.15) is 0 Å². The molecule has 0 unspecified atom stereocenters. The summed E-state index contributed by atoms with van der Waals surface area (Å²) in [5, 5.41) is 14.3. The highest BCUT2D eigenvalue weighted by molar-refractivity contribution is 6.07. The van der Waals surface area contributed by atoms with Crippen molar-refractivity contribution in [3.05, 3.63) is 53.0 Å². The van der Waals surface area contributed by atoms with Gasteiger partial charge < -0.3 is 20.2 Å². The van der Waals surface area contributed by atoms with E-state index in [0.29, 0.717) is 23.4 Å². The summed E-state index contributed by atoms with van der Waals surface area (Å²) in [7, 11) is 0. The number of carbonyl (C=O) groups is 3. The normalized spacial score (nSPS) is 10.3. The van der Waals surface area contributed by atoms with Crippen LogP contribution < -0.4 is 10.6 Å². The topological polar surface area (TPSA) is 109 Å². The Morgan fingerprint density at radius 1 is 1.20 bits per heavy atom. The van der Waals surface area contributed by atoms with Crippen molar-refractivity contribution in [3.8, 4) is 0 Å². The van der Waals surface area contributed by atoms with Crippen LogP contribution >= 0.6 is 0 Å². The van der Waals surface area contributed by atoms with Crippen molar-refractivity contribution >= 4 is 23.5 Å². The number of nitrogens with one attached hydrogen (secondary N) is 2. The average molecular weight is 344 g/mol. The first-order valence-electron chi connectivity index (χ1n) is 7.90. The van der Waals surface area contributed by atoms with Gasteiger partial charge in [0.05, 0.1) is 11.8 Å². The van der Waals surface area contributed by atoms with Gasteiger partial charge in [0.25, 0.3) is 11.8 Å². The van der Waals surface area contributed by atoms with Crippen LogP contribution in [0.2, 0.25) is 0 Å². The lowest BCUT2D eigenvalue weighted by Crippen LogP contribution is -2.24. The fourth-order valence-electron chi connectivity index (χ4n) is 2.34. The quantitative estimate of drug-likeness (QED) is 0.715. The molecule has 0 atom stereocenters. The van der Waals surface area contributed by atoms with Gasteiger partial charge in [-0.15, -0.1) is 0 Å². The van der Waals surface area contributed by atoms with Crippen LogP contribution in [0.15, 0.2) is 34.9 Å². The molecule has 25 heavy (non-hydrogen) atoms. The third kappa shape index (κ3) is 4.69. The fraction of sp³-hybridized carbons (Fsp3) is 0.278. The van der Waals surface area contributed by atoms with Gasteiger partial charge in [-0.25, -0.2) is 0 Å². The van der Waals surface area contributed by atoms with Gasteiger partial charge in [-0.05, 0) is 31.5 Å². The minimum absolute atomic E-state index is 0.0966. The zero-order valence-electron chi connectivity index (χ0n) is 14.1. The Morgan fingerprint density at radius 2 is 1.96 bits per heavy atom. The molecule has 0 aliphatic carbocycles. The average Bonchev–Trinajstić information content (AvgIpc) is 2.92. The molecule has 7 nitrogen and oxygen atoms in total. The zero-order valence-corrected chi connectivity index (χ0v) is 14.1. The van der Waals surface area contributed by atoms with Crippen molar-refractivity contribution in [2.45, 2.75) is 26.7 Å². The molecule has 1 aromatic carbocycles. The molecule has 132 valence electrons. The molecule has 1 aromatic heterocycles. The molecule has 3 N–H and O–H groups in total. The number of carbonyl (C=O) groups excluding carboxylic acids is 2. The number of benzene rings is 1. The molecule has 0 saturated carbocycles. The molecular weight excluding hydrogens is 324 g/mol. The van der Waals surface area contributed by atoms with Gasteiger partial charge in [-0.1, -0.05) is 13.0 Å². The lowest BCUT2D eigenvalue weighted by atomic mass is 10.1. The molecule has 2 rings (SSSR count). The number of carboxylic acids is 1. The summed E-state index contributed by atoms with van der Waals surface area (Å²) in [6, 6.07) is 6.53. The zero-order chi connectivity index (χ0) is 18.4. The van der Waals surface area contributed by atoms with E-state index < -0.39 is 11.9 Å². The highest BCUT2D eigenvalue weighted by Crippen LogP contribution is 2.20. The Labute approximate surface area is 145 Å². The molecule has 0 aliphatic heterocycles. The van der Waals surface area contributed by atoms with Gasteiger partial charge in [0.15, 0.2) is 0 Å². The smallest absolute Gasteiger partial charge is 0.311 e. The van der Waals surface area contributed by atoms with Crippen molar-refractivity contribution in [3.63, 3.8) is 0 Å². The van der Waals surface area contributed by atoms with Crippen LogP contribution in [0.5, 0.6) is 0 Å². The molecule has 0 radical (unpaired) electrons. The van der Waals surface area contributed by atoms with Crippen LogP contribution in [0.3, 0.4) is 0 Å². The highest BCUT2D eigenvalue weighted by atomic mass is 16.4. The van der Waals surface area contributed by atoms with Gasteiger partial charge in [0, 0.05) is 23.4 Å². The number of hydrogen-bond acceptors (Lipinski definition) is 4. The molecule has 0 fully saturated rings. The fourth-order valence-corrected chi connectivity index (χ4v) is 2.34. The number of aryl methyl sites for hydroxylation is 1. The Kier molecular flexibility index (Phi) is 5.94. The van der Waals surface area contributed by atoms with Crippen LogP contribution in [0.4, 0.5) is 5.69 Å². The van der Waals surface area contributed by atoms with Crippen molar-refractivity contribution in [2.75, 3.05) is 11.9 Å². The van der Waals surface area contributed by atoms with E-state index in [1.165, 1.54) is 6.26 Å². The predicted octanol–water partition coefficient (Wildman–Crippen LogP) is 2.61. The second-order valence-electron chi connectivity index (χ2n) is 5.58. The third-order valence-electron chi connectivity index (χ3n) is 3.51. The first-order chi connectivity index (χ1) is 11.9. The number of carboxylic acid groups (broad SMARTS) is 1. The maximum absolute atomic E-state index is 12.5. The Hall–Kier alpha value is -3.09. The molecule has 2 aromatic rings. The van der Waals surface area contributed by atoms with E-state index in [2.05, 4.69) is 10.6 Å². The lowest BCUT2D eigenvalue weighted by molar-refractivity contribution is -0.136. The summed E-state index contributed by atoms with van der Waals surface area (Å²) >= 11 is 0. The first-order valence-corrected chi connectivity index (χ1v) is 7.90. The minimum atomic E-state index is -1.09. The highest BCUT2D eigenvalue weighted by Gasteiger charge is 2.20. The van der Waals surface area contributed by atoms with E-state index in [9.17, 15) is 14.4 Å². The Balaban J connectivity index is 2.17. The lowest BCUT2D eigenvalue weighted by Gasteiger charge is -2.08. The molecule has 0 bridgehead atoms. The van der Waals surface area contributed by atoms with Crippen LogP contribution in [0.1, 0.15) is 45.4 Å². The largest absolute Gasteiger partial charge is 0.481 e. The Bertz CT molecular complexity index is 795. The molecule has 0 saturated heterocycles. The van der Waals surface area contributed by atoms with Crippen molar-refractivity contribution in [2.24, 2.45) is 0 Å². The number of hydrogen-bond donors (Lipinski definition) is 3. The van der Waals surface area contributed by atoms with Crippen LogP contribution in [0, 0.1) is 6.92 Å². The molecule has 2 amide bonds. The summed E-state index contributed by atoms with van der Waals surface area (Å²) in [4.78, 5) is 35.4. The van der Waals surface area contributed by atoms with Crippen molar-refractivity contribution in [1.82, 2.24) is 5.32 Å². The predicted molar refractivity (Wildman–Crippen MR) is 91.8 cm³/mol. The van der Waals surface area contributed by atoms with Crippen LogP contribution in [-0.4, -0.2) is 29.4 Å². The first kappa shape index (κ1) is 18.3. The van der Waals surface area contributed by atoms with Crippen LogP contribution in [0.25, 0.3) is 0 Å². The molecule has 7 heteroatoms. The molecule has 1 heterocycles. The number of rotatable bonds is 7. The summed E-state index contributed by atoms with van der Waals surface area (Å²) in [6.45, 7) is 4.19. The number of anilines is 1. The molecular formula is C18H20N2O5. The summed E-state index contributed by atoms with van der Waals surface area (Å²) in [6.07, 6.45) is 1.80. The maximum Gasteiger partial charge on any atom is 0.311 e. The SMILES string of the molecule is CCCNC(=O)c1cccc(NC(=O)c2c(C)coc2CC(=O)O)c1.